The SMILES string of the molecule is CCCN(CC1COc2ccccc2O1)C(=O)CNCCOC.Cl. The van der Waals surface area contributed by atoms with Gasteiger partial charge in [-0.25, -0.2) is 0 Å². The fourth-order valence-corrected chi connectivity index (χ4v) is 2.47. The van der Waals surface area contributed by atoms with E-state index in [1.54, 1.807) is 7.11 Å². The van der Waals surface area contributed by atoms with E-state index in [1.165, 1.54) is 0 Å². The molecule has 1 atom stereocenters. The molecule has 0 aliphatic carbocycles. The number of carbonyl (C=O) groups excluding carboxylic acids is 1. The van der Waals surface area contributed by atoms with Crippen LogP contribution in [0.4, 0.5) is 0 Å². The van der Waals surface area contributed by atoms with Crippen LogP contribution in [0.2, 0.25) is 0 Å². The second kappa shape index (κ2) is 11.1. The number of carbonyl (C=O) groups is 1. The number of nitrogens with one attached hydrogen (secondary N) is 1. The van der Waals surface area contributed by atoms with Crippen molar-refractivity contribution in [2.45, 2.75) is 19.4 Å². The first-order valence-corrected chi connectivity index (χ1v) is 8.10. The molecule has 0 saturated heterocycles. The van der Waals surface area contributed by atoms with Gasteiger partial charge in [0.05, 0.1) is 19.7 Å². The first-order chi connectivity index (χ1) is 11.2. The number of fused-ring (bicyclic) bond motifs is 1. The van der Waals surface area contributed by atoms with Crippen LogP contribution in [-0.4, -0.2) is 63.4 Å². The number of halogens is 1. The van der Waals surface area contributed by atoms with Gasteiger partial charge in [0, 0.05) is 20.2 Å². The largest absolute Gasteiger partial charge is 0.486 e. The van der Waals surface area contributed by atoms with E-state index in [0.29, 0.717) is 39.4 Å². The van der Waals surface area contributed by atoms with Crippen LogP contribution in [-0.2, 0) is 9.53 Å². The summed E-state index contributed by atoms with van der Waals surface area (Å²) in [7, 11) is 1.64. The number of rotatable bonds is 9. The lowest BCUT2D eigenvalue weighted by molar-refractivity contribution is -0.131. The Labute approximate surface area is 149 Å². The van der Waals surface area contributed by atoms with Gasteiger partial charge in [0.2, 0.25) is 5.91 Å². The summed E-state index contributed by atoms with van der Waals surface area (Å²) in [5.74, 6) is 1.58. The molecule has 0 saturated carbocycles. The zero-order chi connectivity index (χ0) is 16.5. The van der Waals surface area contributed by atoms with Crippen molar-refractivity contribution in [3.8, 4) is 11.5 Å². The lowest BCUT2D eigenvalue weighted by Gasteiger charge is -2.31. The van der Waals surface area contributed by atoms with Crippen molar-refractivity contribution in [3.63, 3.8) is 0 Å². The minimum absolute atomic E-state index is 0. The Kier molecular flexibility index (Phi) is 9.52. The number of nitrogens with zero attached hydrogens (tertiary/aromatic N) is 1. The van der Waals surface area contributed by atoms with Gasteiger partial charge in [-0.15, -0.1) is 12.4 Å². The van der Waals surface area contributed by atoms with Gasteiger partial charge in [-0.1, -0.05) is 19.1 Å². The van der Waals surface area contributed by atoms with E-state index in [9.17, 15) is 4.79 Å². The van der Waals surface area contributed by atoms with Crippen molar-refractivity contribution < 1.29 is 19.0 Å². The van der Waals surface area contributed by atoms with Gasteiger partial charge in [-0.2, -0.15) is 0 Å². The molecule has 1 aromatic carbocycles. The second-order valence-electron chi connectivity index (χ2n) is 5.51. The molecule has 1 N–H and O–H groups in total. The lowest BCUT2D eigenvalue weighted by Crippen LogP contribution is -2.46. The van der Waals surface area contributed by atoms with Crippen molar-refractivity contribution in [2.24, 2.45) is 0 Å². The van der Waals surface area contributed by atoms with Crippen LogP contribution in [0.3, 0.4) is 0 Å². The topological polar surface area (TPSA) is 60.0 Å². The van der Waals surface area contributed by atoms with Crippen LogP contribution in [0.5, 0.6) is 11.5 Å². The molecule has 0 radical (unpaired) electrons. The van der Waals surface area contributed by atoms with Gasteiger partial charge in [0.15, 0.2) is 17.6 Å². The quantitative estimate of drug-likeness (QED) is 0.681. The zero-order valence-electron chi connectivity index (χ0n) is 14.3. The van der Waals surface area contributed by atoms with Gasteiger partial charge < -0.3 is 24.4 Å². The average molecular weight is 359 g/mol. The zero-order valence-corrected chi connectivity index (χ0v) is 15.1. The van der Waals surface area contributed by atoms with E-state index in [0.717, 1.165) is 17.9 Å². The lowest BCUT2D eigenvalue weighted by atomic mass is 10.2. The van der Waals surface area contributed by atoms with E-state index >= 15 is 0 Å². The summed E-state index contributed by atoms with van der Waals surface area (Å²) in [6.45, 7) is 5.34. The summed E-state index contributed by atoms with van der Waals surface area (Å²) in [6, 6.07) is 7.61. The first kappa shape index (κ1) is 20.5. The summed E-state index contributed by atoms with van der Waals surface area (Å²) in [5.41, 5.74) is 0. The van der Waals surface area contributed by atoms with Gasteiger partial charge >= 0.3 is 0 Å². The highest BCUT2D eigenvalue weighted by Gasteiger charge is 2.24. The van der Waals surface area contributed by atoms with Gasteiger partial charge in [0.25, 0.3) is 0 Å². The number of para-hydroxylation sites is 2. The smallest absolute Gasteiger partial charge is 0.236 e. The molecule has 6 nitrogen and oxygen atoms in total. The molecule has 7 heteroatoms. The highest BCUT2D eigenvalue weighted by molar-refractivity contribution is 5.85. The average Bonchev–Trinajstić information content (AvgIpc) is 2.58. The van der Waals surface area contributed by atoms with E-state index in [1.807, 2.05) is 29.2 Å². The number of ether oxygens (including phenoxy) is 3. The number of methoxy groups -OCH3 is 1. The standard InChI is InChI=1S/C17H26N2O4.ClH/c1-3-9-19(17(20)11-18-8-10-21-2)12-14-13-22-15-6-4-5-7-16(15)23-14;/h4-7,14,18H,3,8-13H2,1-2H3;1H. The molecule has 1 amide bonds. The highest BCUT2D eigenvalue weighted by atomic mass is 35.5. The number of hydrogen-bond acceptors (Lipinski definition) is 5. The van der Waals surface area contributed by atoms with Crippen LogP contribution >= 0.6 is 12.4 Å². The van der Waals surface area contributed by atoms with Crippen LogP contribution in [0.25, 0.3) is 0 Å². The third-order valence-corrected chi connectivity index (χ3v) is 3.60. The number of benzene rings is 1. The summed E-state index contributed by atoms with van der Waals surface area (Å²) in [5, 5.41) is 3.09. The van der Waals surface area contributed by atoms with Crippen LogP contribution in [0.1, 0.15) is 13.3 Å². The van der Waals surface area contributed by atoms with Crippen LogP contribution in [0.15, 0.2) is 24.3 Å². The molecular weight excluding hydrogens is 332 g/mol. The molecule has 24 heavy (non-hydrogen) atoms. The molecule has 1 aliphatic rings. The molecule has 1 aliphatic heterocycles. The van der Waals surface area contributed by atoms with Crippen molar-refractivity contribution >= 4 is 18.3 Å². The molecular formula is C17H27ClN2O4. The maximum absolute atomic E-state index is 12.3. The maximum atomic E-state index is 12.3. The Balaban J connectivity index is 0.00000288. The monoisotopic (exact) mass is 358 g/mol. The van der Waals surface area contributed by atoms with E-state index in [4.69, 9.17) is 14.2 Å². The van der Waals surface area contributed by atoms with Gasteiger partial charge in [0.1, 0.15) is 6.61 Å². The van der Waals surface area contributed by atoms with E-state index < -0.39 is 0 Å². The molecule has 2 rings (SSSR count). The van der Waals surface area contributed by atoms with Crippen molar-refractivity contribution in [1.29, 1.82) is 0 Å². The highest BCUT2D eigenvalue weighted by Crippen LogP contribution is 2.30. The summed E-state index contributed by atoms with van der Waals surface area (Å²) in [4.78, 5) is 14.2. The Morgan fingerprint density at radius 1 is 1.38 bits per heavy atom. The Bertz CT molecular complexity index is 501. The minimum Gasteiger partial charge on any atom is -0.486 e. The summed E-state index contributed by atoms with van der Waals surface area (Å²) < 4.78 is 16.6. The number of hydrogen-bond donors (Lipinski definition) is 1. The molecule has 1 unspecified atom stereocenters. The van der Waals surface area contributed by atoms with E-state index in [-0.39, 0.29) is 24.4 Å². The molecule has 1 heterocycles. The van der Waals surface area contributed by atoms with E-state index in [2.05, 4.69) is 12.2 Å². The number of amides is 1. The minimum atomic E-state index is -0.139. The molecule has 0 aromatic heterocycles. The molecule has 0 fully saturated rings. The van der Waals surface area contributed by atoms with Crippen LogP contribution in [0, 0.1) is 0 Å². The first-order valence-electron chi connectivity index (χ1n) is 8.10. The van der Waals surface area contributed by atoms with Crippen molar-refractivity contribution in [3.05, 3.63) is 24.3 Å². The van der Waals surface area contributed by atoms with Gasteiger partial charge in [-0.05, 0) is 18.6 Å². The Hall–Kier alpha value is -1.50. The van der Waals surface area contributed by atoms with Crippen molar-refractivity contribution in [1.82, 2.24) is 10.2 Å². The fraction of sp³-hybridized carbons (Fsp3) is 0.588. The third kappa shape index (κ3) is 6.19. The fourth-order valence-electron chi connectivity index (χ4n) is 2.47. The second-order valence-corrected chi connectivity index (χ2v) is 5.51. The van der Waals surface area contributed by atoms with Crippen molar-refractivity contribution in [2.75, 3.05) is 46.5 Å². The molecule has 1 aromatic rings. The molecule has 0 spiro atoms. The molecule has 0 bridgehead atoms. The normalized spacial score (nSPS) is 15.5. The third-order valence-electron chi connectivity index (χ3n) is 3.60. The predicted molar refractivity (Wildman–Crippen MR) is 95.2 cm³/mol. The van der Waals surface area contributed by atoms with Crippen LogP contribution < -0.4 is 14.8 Å². The summed E-state index contributed by atoms with van der Waals surface area (Å²) in [6.07, 6.45) is 0.771. The molecule has 136 valence electrons. The predicted octanol–water partition coefficient (Wildman–Crippen LogP) is 1.72. The maximum Gasteiger partial charge on any atom is 0.236 e. The Morgan fingerprint density at radius 2 is 2.12 bits per heavy atom. The Morgan fingerprint density at radius 3 is 2.83 bits per heavy atom. The van der Waals surface area contributed by atoms with Gasteiger partial charge in [-0.3, -0.25) is 4.79 Å². The summed E-state index contributed by atoms with van der Waals surface area (Å²) >= 11 is 0.